The minimum absolute atomic E-state index is 0.0864. The zero-order valence-electron chi connectivity index (χ0n) is 12.9. The molecule has 1 heterocycles. The molecule has 0 saturated heterocycles. The van der Waals surface area contributed by atoms with E-state index < -0.39 is 0 Å². The van der Waals surface area contributed by atoms with Crippen molar-refractivity contribution < 1.29 is 9.59 Å². The molecule has 0 radical (unpaired) electrons. The number of hydrogen-bond acceptors (Lipinski definition) is 4. The summed E-state index contributed by atoms with van der Waals surface area (Å²) < 4.78 is 0. The first kappa shape index (κ1) is 17.2. The highest BCUT2D eigenvalue weighted by molar-refractivity contribution is 7.14. The molecule has 1 aromatic rings. The number of carbonyl (C=O) groups is 2. The Labute approximate surface area is 129 Å². The predicted molar refractivity (Wildman–Crippen MR) is 85.3 cm³/mol. The van der Waals surface area contributed by atoms with Crippen LogP contribution in [0.5, 0.6) is 0 Å². The number of hydrogen-bond donors (Lipinski definition) is 1. The van der Waals surface area contributed by atoms with Crippen LogP contribution >= 0.6 is 11.3 Å². The molecule has 0 aliphatic heterocycles. The topological polar surface area (TPSA) is 66.6 Å². The molecule has 0 aliphatic rings. The maximum Gasteiger partial charge on any atom is 0.264 e. The Balaban J connectivity index is 2.93. The van der Waals surface area contributed by atoms with E-state index in [2.05, 4.69) is 11.8 Å². The van der Waals surface area contributed by atoms with Crippen molar-refractivity contribution in [3.8, 4) is 11.8 Å². The van der Waals surface area contributed by atoms with Gasteiger partial charge in [0.2, 0.25) is 5.91 Å². The van der Waals surface area contributed by atoms with Gasteiger partial charge in [0.25, 0.3) is 5.91 Å². The van der Waals surface area contributed by atoms with E-state index in [1.807, 2.05) is 19.9 Å². The van der Waals surface area contributed by atoms with Crippen molar-refractivity contribution in [1.82, 2.24) is 9.80 Å². The lowest BCUT2D eigenvalue weighted by Crippen LogP contribution is -2.39. The Morgan fingerprint density at radius 1 is 1.38 bits per heavy atom. The largest absolute Gasteiger partial charge is 0.347 e. The number of nitrogens with zero attached hydrogens (tertiary/aromatic N) is 2. The van der Waals surface area contributed by atoms with Gasteiger partial charge in [0.15, 0.2) is 0 Å². The average molecular weight is 307 g/mol. The molecule has 0 aliphatic carbocycles. The average Bonchev–Trinajstić information content (AvgIpc) is 2.82. The summed E-state index contributed by atoms with van der Waals surface area (Å²) in [7, 11) is 3.35. The van der Waals surface area contributed by atoms with Crippen molar-refractivity contribution in [2.45, 2.75) is 13.8 Å². The van der Waals surface area contributed by atoms with Gasteiger partial charge in [-0.15, -0.1) is 11.3 Å². The van der Waals surface area contributed by atoms with Crippen LogP contribution < -0.4 is 5.73 Å². The standard InChI is InChI=1S/C15H21N3O2S/c1-5-18(10-14(19)17(3)4)15(20)13-9-11(2)12(21-13)7-6-8-16/h9H,5,8,10,16H2,1-4H3. The predicted octanol–water partition coefficient (Wildman–Crippen LogP) is 0.917. The molecule has 0 saturated carbocycles. The summed E-state index contributed by atoms with van der Waals surface area (Å²) in [6.07, 6.45) is 0. The third-order valence-electron chi connectivity index (χ3n) is 2.93. The lowest BCUT2D eigenvalue weighted by molar-refractivity contribution is -0.129. The molecule has 114 valence electrons. The first-order valence-electron chi connectivity index (χ1n) is 6.69. The summed E-state index contributed by atoms with van der Waals surface area (Å²) in [5.41, 5.74) is 6.32. The number of nitrogens with two attached hydrogens (primary N) is 1. The first-order valence-corrected chi connectivity index (χ1v) is 7.51. The summed E-state index contributed by atoms with van der Waals surface area (Å²) in [5, 5.41) is 0. The molecule has 1 aromatic heterocycles. The lowest BCUT2D eigenvalue weighted by atomic mass is 10.2. The van der Waals surface area contributed by atoms with Crippen LogP contribution in [0.1, 0.15) is 27.0 Å². The summed E-state index contributed by atoms with van der Waals surface area (Å²) in [5.74, 6) is 5.52. The van der Waals surface area contributed by atoms with Gasteiger partial charge in [-0.3, -0.25) is 9.59 Å². The second kappa shape index (κ2) is 7.81. The lowest BCUT2D eigenvalue weighted by Gasteiger charge is -2.21. The van der Waals surface area contributed by atoms with Gasteiger partial charge in [0.05, 0.1) is 16.3 Å². The van der Waals surface area contributed by atoms with Crippen molar-refractivity contribution >= 4 is 23.2 Å². The molecule has 2 amide bonds. The molecule has 0 atom stereocenters. The van der Waals surface area contributed by atoms with Gasteiger partial charge in [0, 0.05) is 20.6 Å². The molecule has 2 N–H and O–H groups in total. The van der Waals surface area contributed by atoms with Gasteiger partial charge >= 0.3 is 0 Å². The first-order chi connectivity index (χ1) is 9.90. The number of amides is 2. The van der Waals surface area contributed by atoms with Gasteiger partial charge in [-0.2, -0.15) is 0 Å². The number of likely N-dealkylation sites (N-methyl/N-ethyl adjacent to an activating group) is 2. The summed E-state index contributed by atoms with van der Waals surface area (Å²) in [4.78, 5) is 28.7. The second-order valence-corrected chi connectivity index (χ2v) is 5.79. The highest BCUT2D eigenvalue weighted by atomic mass is 32.1. The third kappa shape index (κ3) is 4.59. The third-order valence-corrected chi connectivity index (χ3v) is 4.07. The van der Waals surface area contributed by atoms with E-state index in [9.17, 15) is 9.59 Å². The molecule has 0 aromatic carbocycles. The Morgan fingerprint density at radius 2 is 2.05 bits per heavy atom. The molecule has 0 bridgehead atoms. The summed E-state index contributed by atoms with van der Waals surface area (Å²) in [6.45, 7) is 4.63. The summed E-state index contributed by atoms with van der Waals surface area (Å²) >= 11 is 1.34. The Morgan fingerprint density at radius 3 is 2.57 bits per heavy atom. The zero-order chi connectivity index (χ0) is 16.0. The highest BCUT2D eigenvalue weighted by Crippen LogP contribution is 2.22. The van der Waals surface area contributed by atoms with Gasteiger partial charge in [-0.05, 0) is 25.5 Å². The molecule has 5 nitrogen and oxygen atoms in total. The van der Waals surface area contributed by atoms with Crippen molar-refractivity contribution in [3.63, 3.8) is 0 Å². The van der Waals surface area contributed by atoms with Crippen LogP contribution in [0.25, 0.3) is 0 Å². The fourth-order valence-electron chi connectivity index (χ4n) is 1.63. The maximum absolute atomic E-state index is 12.5. The van der Waals surface area contributed by atoms with E-state index in [-0.39, 0.29) is 18.4 Å². The fraction of sp³-hybridized carbons (Fsp3) is 0.467. The van der Waals surface area contributed by atoms with Crippen molar-refractivity contribution in [1.29, 1.82) is 0 Å². The van der Waals surface area contributed by atoms with Gasteiger partial charge < -0.3 is 15.5 Å². The molecule has 0 fully saturated rings. The Hall–Kier alpha value is -1.84. The van der Waals surface area contributed by atoms with E-state index in [0.29, 0.717) is 18.0 Å². The van der Waals surface area contributed by atoms with Crippen LogP contribution in [-0.4, -0.2) is 55.3 Å². The van der Waals surface area contributed by atoms with Crippen LogP contribution in [0.3, 0.4) is 0 Å². The van der Waals surface area contributed by atoms with Crippen molar-refractivity contribution in [3.05, 3.63) is 21.4 Å². The molecule has 0 unspecified atom stereocenters. The summed E-state index contributed by atoms with van der Waals surface area (Å²) in [6, 6.07) is 1.82. The van der Waals surface area contributed by atoms with E-state index >= 15 is 0 Å². The van der Waals surface area contributed by atoms with E-state index in [0.717, 1.165) is 10.4 Å². The Kier molecular flexibility index (Phi) is 6.40. The van der Waals surface area contributed by atoms with Crippen LogP contribution in [0, 0.1) is 18.8 Å². The van der Waals surface area contributed by atoms with Crippen LogP contribution in [0.2, 0.25) is 0 Å². The van der Waals surface area contributed by atoms with Crippen molar-refractivity contribution in [2.75, 3.05) is 33.7 Å². The molecule has 1 rings (SSSR count). The zero-order valence-corrected chi connectivity index (χ0v) is 13.7. The van der Waals surface area contributed by atoms with E-state index in [1.54, 1.807) is 14.1 Å². The number of thiophene rings is 1. The Bertz CT molecular complexity index is 581. The molecular weight excluding hydrogens is 286 g/mol. The SMILES string of the molecule is CCN(CC(=O)N(C)C)C(=O)c1cc(C)c(C#CCN)s1. The monoisotopic (exact) mass is 307 g/mol. The molecular formula is C15H21N3O2S. The molecule has 21 heavy (non-hydrogen) atoms. The van der Waals surface area contributed by atoms with Crippen molar-refractivity contribution in [2.24, 2.45) is 5.73 Å². The maximum atomic E-state index is 12.5. The molecule has 6 heteroatoms. The second-order valence-electron chi connectivity index (χ2n) is 4.74. The van der Waals surface area contributed by atoms with Gasteiger partial charge in [-0.25, -0.2) is 0 Å². The van der Waals surface area contributed by atoms with E-state index in [4.69, 9.17) is 5.73 Å². The number of rotatable bonds is 4. The quantitative estimate of drug-likeness (QED) is 0.841. The minimum Gasteiger partial charge on any atom is -0.347 e. The highest BCUT2D eigenvalue weighted by Gasteiger charge is 2.20. The number of aryl methyl sites for hydroxylation is 1. The van der Waals surface area contributed by atoms with Gasteiger partial charge in [-0.1, -0.05) is 11.8 Å². The molecule has 0 spiro atoms. The van der Waals surface area contributed by atoms with Crippen LogP contribution in [0.4, 0.5) is 0 Å². The van der Waals surface area contributed by atoms with E-state index in [1.165, 1.54) is 21.1 Å². The van der Waals surface area contributed by atoms with Crippen LogP contribution in [-0.2, 0) is 4.79 Å². The smallest absolute Gasteiger partial charge is 0.264 e. The van der Waals surface area contributed by atoms with Crippen LogP contribution in [0.15, 0.2) is 6.07 Å². The fourth-order valence-corrected chi connectivity index (χ4v) is 2.65. The van der Waals surface area contributed by atoms with Gasteiger partial charge in [0.1, 0.15) is 6.54 Å². The normalized spacial score (nSPS) is 9.76. The number of carbonyl (C=O) groups excluding carboxylic acids is 2. The minimum atomic E-state index is -0.137.